The minimum Gasteiger partial charge on any atom is -0.489 e. The van der Waals surface area contributed by atoms with Gasteiger partial charge in [0.2, 0.25) is 0 Å². The minimum atomic E-state index is -0.904. The summed E-state index contributed by atoms with van der Waals surface area (Å²) in [5.41, 5.74) is 1.32. The first-order chi connectivity index (χ1) is 10.1. The van der Waals surface area contributed by atoms with E-state index in [1.807, 2.05) is 6.07 Å². The van der Waals surface area contributed by atoms with Crippen molar-refractivity contribution in [2.24, 2.45) is 0 Å². The van der Waals surface area contributed by atoms with Gasteiger partial charge in [-0.2, -0.15) is 5.26 Å². The molecule has 0 bridgehead atoms. The molecule has 2 rings (SSSR count). The highest BCUT2D eigenvalue weighted by Crippen LogP contribution is 2.17. The summed E-state index contributed by atoms with van der Waals surface area (Å²) in [7, 11) is 0. The lowest BCUT2D eigenvalue weighted by Crippen LogP contribution is -2.01. The zero-order valence-electron chi connectivity index (χ0n) is 11.0. The Kier molecular flexibility index (Phi) is 4.52. The van der Waals surface area contributed by atoms with Gasteiger partial charge >= 0.3 is 5.97 Å². The Labute approximate surface area is 121 Å². The van der Waals surface area contributed by atoms with Crippen molar-refractivity contribution >= 4 is 5.97 Å². The fourth-order valence-electron chi connectivity index (χ4n) is 1.79. The van der Waals surface area contributed by atoms with Crippen molar-refractivity contribution in [2.45, 2.75) is 13.0 Å². The van der Waals surface area contributed by atoms with Crippen LogP contribution in [0.4, 0.5) is 4.39 Å². The first kappa shape index (κ1) is 14.5. The van der Waals surface area contributed by atoms with Gasteiger partial charge in [-0.15, -0.1) is 0 Å². The normalized spacial score (nSPS) is 9.90. The van der Waals surface area contributed by atoms with Crippen molar-refractivity contribution in [2.75, 3.05) is 0 Å². The molecule has 0 unspecified atom stereocenters. The number of carboxylic acids is 1. The predicted molar refractivity (Wildman–Crippen MR) is 73.2 cm³/mol. The predicted octanol–water partition coefficient (Wildman–Crippen LogP) is 2.90. The fraction of sp³-hybridized carbons (Fsp3) is 0.125. The van der Waals surface area contributed by atoms with E-state index < -0.39 is 11.8 Å². The SMILES string of the molecule is N#Cc1ccc(F)c(COc2ccc(CC(=O)O)cc2)c1. The van der Waals surface area contributed by atoms with E-state index in [9.17, 15) is 9.18 Å². The molecule has 4 nitrogen and oxygen atoms in total. The van der Waals surface area contributed by atoms with Crippen LogP contribution in [0.5, 0.6) is 5.75 Å². The van der Waals surface area contributed by atoms with Gasteiger partial charge in [-0.05, 0) is 35.9 Å². The maximum Gasteiger partial charge on any atom is 0.307 e. The summed E-state index contributed by atoms with van der Waals surface area (Å²) in [6.07, 6.45) is -0.0564. The average Bonchev–Trinajstić information content (AvgIpc) is 2.47. The van der Waals surface area contributed by atoms with Crippen LogP contribution < -0.4 is 4.74 Å². The number of rotatable bonds is 5. The third-order valence-electron chi connectivity index (χ3n) is 2.85. The number of hydrogen-bond donors (Lipinski definition) is 1. The Morgan fingerprint density at radius 1 is 1.24 bits per heavy atom. The molecule has 0 atom stereocenters. The van der Waals surface area contributed by atoms with Crippen LogP contribution in [0.2, 0.25) is 0 Å². The third-order valence-corrected chi connectivity index (χ3v) is 2.85. The first-order valence-corrected chi connectivity index (χ1v) is 6.20. The summed E-state index contributed by atoms with van der Waals surface area (Å²) in [4.78, 5) is 10.6. The number of benzene rings is 2. The zero-order chi connectivity index (χ0) is 15.2. The molecule has 0 aliphatic heterocycles. The second-order valence-electron chi connectivity index (χ2n) is 4.42. The standard InChI is InChI=1S/C16H12FNO3/c17-15-6-3-12(9-18)7-13(15)10-21-14-4-1-11(2-5-14)8-16(19)20/h1-7H,8,10H2,(H,19,20). The van der Waals surface area contributed by atoms with E-state index in [1.54, 1.807) is 24.3 Å². The summed E-state index contributed by atoms with van der Waals surface area (Å²) < 4.78 is 19.0. The molecule has 1 N–H and O–H groups in total. The van der Waals surface area contributed by atoms with E-state index in [1.165, 1.54) is 18.2 Å². The lowest BCUT2D eigenvalue weighted by Gasteiger charge is -2.08. The van der Waals surface area contributed by atoms with Gasteiger partial charge in [0.1, 0.15) is 18.2 Å². The van der Waals surface area contributed by atoms with E-state index >= 15 is 0 Å². The smallest absolute Gasteiger partial charge is 0.307 e. The molecular formula is C16H12FNO3. The zero-order valence-corrected chi connectivity index (χ0v) is 11.0. The Balaban J connectivity index is 2.03. The molecule has 0 fully saturated rings. The Hall–Kier alpha value is -2.87. The summed E-state index contributed by atoms with van der Waals surface area (Å²) in [5.74, 6) is -0.832. The molecule has 21 heavy (non-hydrogen) atoms. The molecule has 2 aromatic rings. The van der Waals surface area contributed by atoms with Crippen molar-refractivity contribution in [3.8, 4) is 11.8 Å². The van der Waals surface area contributed by atoms with Gasteiger partial charge in [0.25, 0.3) is 0 Å². The molecule has 0 spiro atoms. The van der Waals surface area contributed by atoms with Gasteiger partial charge in [0.15, 0.2) is 0 Å². The Bertz CT molecular complexity index is 690. The first-order valence-electron chi connectivity index (χ1n) is 6.20. The van der Waals surface area contributed by atoms with Crippen molar-refractivity contribution in [1.29, 1.82) is 5.26 Å². The molecule has 0 aliphatic carbocycles. The van der Waals surface area contributed by atoms with E-state index in [0.717, 1.165) is 0 Å². The highest BCUT2D eigenvalue weighted by atomic mass is 19.1. The number of hydrogen-bond acceptors (Lipinski definition) is 3. The van der Waals surface area contributed by atoms with Crippen molar-refractivity contribution in [3.63, 3.8) is 0 Å². The molecular weight excluding hydrogens is 273 g/mol. The van der Waals surface area contributed by atoms with Gasteiger partial charge in [0, 0.05) is 5.56 Å². The highest BCUT2D eigenvalue weighted by molar-refractivity contribution is 5.70. The number of carbonyl (C=O) groups is 1. The molecule has 0 saturated carbocycles. The monoisotopic (exact) mass is 285 g/mol. The largest absolute Gasteiger partial charge is 0.489 e. The number of nitriles is 1. The molecule has 5 heteroatoms. The molecule has 0 heterocycles. The van der Waals surface area contributed by atoms with Crippen LogP contribution in [0.1, 0.15) is 16.7 Å². The lowest BCUT2D eigenvalue weighted by molar-refractivity contribution is -0.136. The fourth-order valence-corrected chi connectivity index (χ4v) is 1.79. The van der Waals surface area contributed by atoms with Crippen LogP contribution in [-0.4, -0.2) is 11.1 Å². The average molecular weight is 285 g/mol. The lowest BCUT2D eigenvalue weighted by atomic mass is 10.1. The molecule has 106 valence electrons. The molecule has 0 saturated heterocycles. The molecule has 0 aromatic heterocycles. The quantitative estimate of drug-likeness (QED) is 0.917. The second kappa shape index (κ2) is 6.53. The summed E-state index contributed by atoms with van der Waals surface area (Å²) in [6, 6.07) is 12.6. The second-order valence-corrected chi connectivity index (χ2v) is 4.42. The third kappa shape index (κ3) is 4.05. The highest BCUT2D eigenvalue weighted by Gasteiger charge is 2.05. The van der Waals surface area contributed by atoms with Gasteiger partial charge in [-0.3, -0.25) is 4.79 Å². The number of halogens is 1. The summed E-state index contributed by atoms with van der Waals surface area (Å²) in [6.45, 7) is -0.000367. The van der Waals surface area contributed by atoms with Crippen molar-refractivity contribution in [1.82, 2.24) is 0 Å². The van der Waals surface area contributed by atoms with E-state index in [4.69, 9.17) is 15.1 Å². The van der Waals surface area contributed by atoms with Gasteiger partial charge < -0.3 is 9.84 Å². The molecule has 0 radical (unpaired) electrons. The van der Waals surface area contributed by atoms with Crippen LogP contribution >= 0.6 is 0 Å². The Morgan fingerprint density at radius 3 is 2.57 bits per heavy atom. The maximum absolute atomic E-state index is 13.6. The van der Waals surface area contributed by atoms with Crippen LogP contribution in [-0.2, 0) is 17.8 Å². The van der Waals surface area contributed by atoms with Gasteiger partial charge in [-0.25, -0.2) is 4.39 Å². The number of nitrogens with zero attached hydrogens (tertiary/aromatic N) is 1. The van der Waals surface area contributed by atoms with Crippen LogP contribution in [0.15, 0.2) is 42.5 Å². The maximum atomic E-state index is 13.6. The van der Waals surface area contributed by atoms with Gasteiger partial charge in [0.05, 0.1) is 18.1 Å². The molecule has 2 aromatic carbocycles. The summed E-state index contributed by atoms with van der Waals surface area (Å²) >= 11 is 0. The molecule has 0 aliphatic rings. The van der Waals surface area contributed by atoms with E-state index in [-0.39, 0.29) is 13.0 Å². The Morgan fingerprint density at radius 2 is 1.95 bits per heavy atom. The molecule has 0 amide bonds. The summed E-state index contributed by atoms with van der Waals surface area (Å²) in [5, 5.41) is 17.4. The number of aliphatic carboxylic acids is 1. The van der Waals surface area contributed by atoms with E-state index in [0.29, 0.717) is 22.4 Å². The van der Waals surface area contributed by atoms with Crippen LogP contribution in [0.25, 0.3) is 0 Å². The van der Waals surface area contributed by atoms with E-state index in [2.05, 4.69) is 0 Å². The number of carboxylic acid groups (broad SMARTS) is 1. The van der Waals surface area contributed by atoms with Crippen LogP contribution in [0.3, 0.4) is 0 Å². The minimum absolute atomic E-state index is 0.000367. The topological polar surface area (TPSA) is 70.3 Å². The van der Waals surface area contributed by atoms with Crippen molar-refractivity contribution in [3.05, 3.63) is 65.0 Å². The van der Waals surface area contributed by atoms with Crippen molar-refractivity contribution < 1.29 is 19.0 Å². The number of ether oxygens (including phenoxy) is 1. The van der Waals surface area contributed by atoms with Gasteiger partial charge in [-0.1, -0.05) is 12.1 Å². The van der Waals surface area contributed by atoms with Crippen LogP contribution in [0, 0.1) is 17.1 Å².